The molecule has 0 spiro atoms. The number of carbonyl (C=O) groups is 1. The van der Waals surface area contributed by atoms with Crippen molar-refractivity contribution in [3.8, 4) is 0 Å². The molecule has 1 aliphatic rings. The van der Waals surface area contributed by atoms with Crippen LogP contribution in [0, 0.1) is 0 Å². The number of amides is 1. The highest BCUT2D eigenvalue weighted by Gasteiger charge is 2.45. The van der Waals surface area contributed by atoms with Crippen molar-refractivity contribution in [1.82, 2.24) is 5.32 Å². The summed E-state index contributed by atoms with van der Waals surface area (Å²) in [6.45, 7) is 1.63. The van der Waals surface area contributed by atoms with Gasteiger partial charge in [0.1, 0.15) is 5.60 Å². The fourth-order valence-electron chi connectivity index (χ4n) is 2.32. The molecule has 0 unspecified atom stereocenters. The third-order valence-corrected chi connectivity index (χ3v) is 3.61. The van der Waals surface area contributed by atoms with Gasteiger partial charge in [0.25, 0.3) is 5.91 Å². The number of nitrogens with zero attached hydrogens (tertiary/aromatic N) is 3. The number of nitrogens with one attached hydrogen (secondary N) is 1. The summed E-state index contributed by atoms with van der Waals surface area (Å²) in [6.07, 6.45) is 0.851. The molecule has 2 atom stereocenters. The maximum atomic E-state index is 12.0. The Bertz CT molecular complexity index is 523. The highest BCUT2D eigenvalue weighted by molar-refractivity contribution is 5.86. The van der Waals surface area contributed by atoms with Gasteiger partial charge in [-0.1, -0.05) is 35.4 Å². The van der Waals surface area contributed by atoms with Crippen LogP contribution in [0.1, 0.15) is 25.3 Å². The fourth-order valence-corrected chi connectivity index (χ4v) is 2.32. The van der Waals surface area contributed by atoms with Crippen molar-refractivity contribution in [2.24, 2.45) is 5.11 Å². The average Bonchev–Trinajstić information content (AvgIpc) is 2.42. The van der Waals surface area contributed by atoms with E-state index in [1.54, 1.807) is 0 Å². The lowest BCUT2D eigenvalue weighted by Gasteiger charge is -2.42. The van der Waals surface area contributed by atoms with Crippen LogP contribution < -0.4 is 5.32 Å². The monoisotopic (exact) mass is 260 g/mol. The quantitative estimate of drug-likeness (QED) is 0.492. The largest absolute Gasteiger partial charge is 0.380 e. The normalized spacial score (nSPS) is 30.3. The Morgan fingerprint density at radius 2 is 2.11 bits per heavy atom. The van der Waals surface area contributed by atoms with Gasteiger partial charge in [0.2, 0.25) is 0 Å². The molecule has 2 N–H and O–H groups in total. The second kappa shape index (κ2) is 4.91. The lowest BCUT2D eigenvalue weighted by molar-refractivity contribution is -0.146. The number of carbonyl (C=O) groups excluding carboxylic acids is 1. The van der Waals surface area contributed by atoms with Crippen molar-refractivity contribution >= 4 is 5.91 Å². The van der Waals surface area contributed by atoms with E-state index in [-0.39, 0.29) is 6.54 Å². The summed E-state index contributed by atoms with van der Waals surface area (Å²) < 4.78 is 0. The van der Waals surface area contributed by atoms with Crippen LogP contribution in [0.5, 0.6) is 0 Å². The topological polar surface area (TPSA) is 98.1 Å². The zero-order valence-electron chi connectivity index (χ0n) is 10.7. The predicted octanol–water partition coefficient (Wildman–Crippen LogP) is 1.85. The molecule has 0 bridgehead atoms. The van der Waals surface area contributed by atoms with Crippen LogP contribution >= 0.6 is 0 Å². The minimum absolute atomic E-state index is 0.134. The number of rotatable bonds is 3. The van der Waals surface area contributed by atoms with E-state index in [0.717, 1.165) is 5.56 Å². The molecule has 6 nitrogen and oxygen atoms in total. The zero-order valence-corrected chi connectivity index (χ0v) is 10.7. The summed E-state index contributed by atoms with van der Waals surface area (Å²) in [6, 6.07) is 9.38. The van der Waals surface area contributed by atoms with Gasteiger partial charge in [-0.2, -0.15) is 0 Å². The molecule has 0 aromatic heterocycles. The number of azide groups is 1. The van der Waals surface area contributed by atoms with Crippen molar-refractivity contribution in [3.05, 3.63) is 46.3 Å². The van der Waals surface area contributed by atoms with Gasteiger partial charge >= 0.3 is 0 Å². The van der Waals surface area contributed by atoms with Gasteiger partial charge in [0.05, 0.1) is 12.1 Å². The molecule has 0 aliphatic carbocycles. The van der Waals surface area contributed by atoms with Crippen molar-refractivity contribution in [2.45, 2.75) is 30.9 Å². The molecule has 1 saturated heterocycles. The van der Waals surface area contributed by atoms with Gasteiger partial charge in [0.15, 0.2) is 0 Å². The molecule has 1 aliphatic heterocycles. The SMILES string of the molecule is C[C@]1(O)CC[C@](CN=[N+]=[N-])(c2ccccc2)NC1=O. The summed E-state index contributed by atoms with van der Waals surface area (Å²) in [4.78, 5) is 14.7. The predicted molar refractivity (Wildman–Crippen MR) is 70.1 cm³/mol. The van der Waals surface area contributed by atoms with Crippen LogP contribution in [0.4, 0.5) is 0 Å². The van der Waals surface area contributed by atoms with Crippen molar-refractivity contribution in [3.63, 3.8) is 0 Å². The summed E-state index contributed by atoms with van der Waals surface area (Å²) in [5, 5.41) is 16.4. The first-order valence-corrected chi connectivity index (χ1v) is 6.12. The number of piperidine rings is 1. The maximum absolute atomic E-state index is 12.0. The van der Waals surface area contributed by atoms with Gasteiger partial charge in [-0.05, 0) is 30.9 Å². The second-order valence-corrected chi connectivity index (χ2v) is 5.07. The summed E-state index contributed by atoms with van der Waals surface area (Å²) in [7, 11) is 0. The fraction of sp³-hybridized carbons (Fsp3) is 0.462. The molecule has 1 amide bonds. The molecular formula is C13H16N4O2. The Balaban J connectivity index is 2.38. The molecular weight excluding hydrogens is 244 g/mol. The third kappa shape index (κ3) is 2.54. The molecule has 100 valence electrons. The van der Waals surface area contributed by atoms with E-state index < -0.39 is 17.0 Å². The van der Waals surface area contributed by atoms with Gasteiger partial charge in [0, 0.05) is 4.91 Å². The molecule has 1 heterocycles. The molecule has 19 heavy (non-hydrogen) atoms. The average molecular weight is 260 g/mol. The van der Waals surface area contributed by atoms with E-state index in [4.69, 9.17) is 5.53 Å². The first-order chi connectivity index (χ1) is 9.00. The Kier molecular flexibility index (Phi) is 3.46. The van der Waals surface area contributed by atoms with Crippen molar-refractivity contribution in [1.29, 1.82) is 0 Å². The smallest absolute Gasteiger partial charge is 0.252 e. The van der Waals surface area contributed by atoms with E-state index in [2.05, 4.69) is 15.3 Å². The van der Waals surface area contributed by atoms with Crippen molar-refractivity contribution in [2.75, 3.05) is 6.54 Å². The highest BCUT2D eigenvalue weighted by Crippen LogP contribution is 2.34. The van der Waals surface area contributed by atoms with Gasteiger partial charge in [-0.15, -0.1) is 0 Å². The van der Waals surface area contributed by atoms with Crippen LogP contribution in [0.15, 0.2) is 35.4 Å². The van der Waals surface area contributed by atoms with Crippen molar-refractivity contribution < 1.29 is 9.90 Å². The minimum atomic E-state index is -1.37. The first-order valence-electron chi connectivity index (χ1n) is 6.12. The van der Waals surface area contributed by atoms with Gasteiger partial charge in [-0.3, -0.25) is 4.79 Å². The van der Waals surface area contributed by atoms with Crippen LogP contribution in [0.3, 0.4) is 0 Å². The van der Waals surface area contributed by atoms with E-state index in [9.17, 15) is 9.90 Å². The van der Waals surface area contributed by atoms with E-state index >= 15 is 0 Å². The summed E-state index contributed by atoms with van der Waals surface area (Å²) in [5.74, 6) is -0.434. The Morgan fingerprint density at radius 3 is 2.68 bits per heavy atom. The minimum Gasteiger partial charge on any atom is -0.380 e. The molecule has 1 aromatic rings. The maximum Gasteiger partial charge on any atom is 0.252 e. The van der Waals surface area contributed by atoms with Crippen LogP contribution in [-0.2, 0) is 10.3 Å². The number of benzene rings is 1. The second-order valence-electron chi connectivity index (χ2n) is 5.07. The van der Waals surface area contributed by atoms with Crippen LogP contribution in [-0.4, -0.2) is 23.2 Å². The molecule has 1 aromatic carbocycles. The van der Waals surface area contributed by atoms with E-state index in [1.165, 1.54) is 6.92 Å². The number of aliphatic hydroxyl groups is 1. The Labute approximate surface area is 111 Å². The van der Waals surface area contributed by atoms with Gasteiger partial charge in [-0.25, -0.2) is 0 Å². The molecule has 0 radical (unpaired) electrons. The van der Waals surface area contributed by atoms with E-state index in [1.807, 2.05) is 30.3 Å². The van der Waals surface area contributed by atoms with Crippen LogP contribution in [0.2, 0.25) is 0 Å². The summed E-state index contributed by atoms with van der Waals surface area (Å²) >= 11 is 0. The highest BCUT2D eigenvalue weighted by atomic mass is 16.3. The molecule has 1 fully saturated rings. The molecule has 2 rings (SSSR count). The Morgan fingerprint density at radius 1 is 1.42 bits per heavy atom. The zero-order chi connectivity index (χ0) is 13.9. The standard InChI is InChI=1S/C13H16N4O2/c1-12(19)7-8-13(9-15-17-14,16-11(12)18)10-5-3-2-4-6-10/h2-6,19H,7-9H2,1H3,(H,16,18)/t12-,13-/m0/s1. The van der Waals surface area contributed by atoms with Crippen LogP contribution in [0.25, 0.3) is 10.4 Å². The lowest BCUT2D eigenvalue weighted by atomic mass is 9.77. The molecule has 6 heteroatoms. The van der Waals surface area contributed by atoms with Gasteiger partial charge < -0.3 is 10.4 Å². The first kappa shape index (κ1) is 13.4. The summed E-state index contributed by atoms with van der Waals surface area (Å²) in [5.41, 5.74) is 7.31. The lowest BCUT2D eigenvalue weighted by Crippen LogP contribution is -2.60. The third-order valence-electron chi connectivity index (χ3n) is 3.61. The van der Waals surface area contributed by atoms with E-state index in [0.29, 0.717) is 12.8 Å². The number of hydrogen-bond donors (Lipinski definition) is 2. The molecule has 0 saturated carbocycles. The Hall–Kier alpha value is -2.04. The number of hydrogen-bond acceptors (Lipinski definition) is 3.